The van der Waals surface area contributed by atoms with Crippen molar-refractivity contribution in [3.63, 3.8) is 0 Å². The molecule has 2 rings (SSSR count). The lowest BCUT2D eigenvalue weighted by Crippen LogP contribution is -2.01. The average Bonchev–Trinajstić information content (AvgIpc) is 2.46. The summed E-state index contributed by atoms with van der Waals surface area (Å²) in [7, 11) is -2.12. The van der Waals surface area contributed by atoms with E-state index in [1.165, 1.54) is 0 Å². The Morgan fingerprint density at radius 1 is 0.895 bits per heavy atom. The number of nitrogens with zero attached hydrogens (tertiary/aromatic N) is 1. The summed E-state index contributed by atoms with van der Waals surface area (Å²) >= 11 is 0. The minimum absolute atomic E-state index is 0.202. The molecule has 2 N–H and O–H groups in total. The van der Waals surface area contributed by atoms with Crippen molar-refractivity contribution in [3.8, 4) is 0 Å². The zero-order valence-electron chi connectivity index (χ0n) is 10.6. The van der Waals surface area contributed by atoms with Crippen LogP contribution in [0.2, 0.25) is 0 Å². The molecule has 0 amide bonds. The number of aliphatic imine (C=N–C) groups is 1. The van der Waals surface area contributed by atoms with E-state index in [2.05, 4.69) is 4.99 Å². The molecule has 0 radical (unpaired) electrons. The number of rotatable bonds is 4. The molecule has 0 spiro atoms. The van der Waals surface area contributed by atoms with Gasteiger partial charge < -0.3 is 9.79 Å². The molecule has 98 valence electrons. The first-order valence-electron chi connectivity index (χ1n) is 6.00. The second-order valence-electron chi connectivity index (χ2n) is 4.19. The smallest absolute Gasteiger partial charge is 0.214 e. The molecule has 0 aliphatic rings. The van der Waals surface area contributed by atoms with Gasteiger partial charge in [0.2, 0.25) is 8.38 Å². The van der Waals surface area contributed by atoms with Gasteiger partial charge in [-0.3, -0.25) is 4.99 Å². The van der Waals surface area contributed by atoms with Crippen LogP contribution in [0.3, 0.4) is 0 Å². The highest BCUT2D eigenvalue weighted by Crippen LogP contribution is 2.32. The summed E-state index contributed by atoms with van der Waals surface area (Å²) < 4.78 is 0. The molecule has 2 aromatic carbocycles. The molecule has 0 bridgehead atoms. The van der Waals surface area contributed by atoms with Crippen LogP contribution in [-0.4, -0.2) is 15.2 Å². The molecule has 0 fully saturated rings. The van der Waals surface area contributed by atoms with E-state index in [4.69, 9.17) is 0 Å². The molecule has 0 unspecified atom stereocenters. The van der Waals surface area contributed by atoms with Gasteiger partial charge in [-0.25, -0.2) is 0 Å². The summed E-state index contributed by atoms with van der Waals surface area (Å²) in [6.45, 7) is 1.64. The van der Waals surface area contributed by atoms with Crippen molar-refractivity contribution in [2.24, 2.45) is 4.99 Å². The molecule has 0 saturated carbocycles. The van der Waals surface area contributed by atoms with Gasteiger partial charge in [0.05, 0.1) is 5.45 Å². The lowest BCUT2D eigenvalue weighted by molar-refractivity contribution is 0.499. The Balaban J connectivity index is 2.43. The first kappa shape index (κ1) is 13.9. The van der Waals surface area contributed by atoms with Crippen LogP contribution in [-0.2, 0) is 0 Å². The summed E-state index contributed by atoms with van der Waals surface area (Å²) in [5.41, 5.74) is 2.43. The van der Waals surface area contributed by atoms with E-state index < -0.39 is 8.38 Å². The van der Waals surface area contributed by atoms with Gasteiger partial charge in [0.1, 0.15) is 6.04 Å². The largest absolute Gasteiger partial charge is 0.346 e. The van der Waals surface area contributed by atoms with Crippen molar-refractivity contribution in [2.45, 2.75) is 13.0 Å². The third-order valence-corrected chi connectivity index (χ3v) is 3.53. The first-order chi connectivity index (χ1) is 9.18. The van der Waals surface area contributed by atoms with Crippen LogP contribution >= 0.6 is 8.38 Å². The van der Waals surface area contributed by atoms with Crippen LogP contribution in [0.15, 0.2) is 65.7 Å². The van der Waals surface area contributed by atoms with Gasteiger partial charge in [-0.05, 0) is 18.1 Å². The molecule has 4 heteroatoms. The highest BCUT2D eigenvalue weighted by Gasteiger charge is 2.14. The van der Waals surface area contributed by atoms with Gasteiger partial charge in [-0.1, -0.05) is 60.7 Å². The number of hydrogen-bond donors (Lipinski definition) is 2. The van der Waals surface area contributed by atoms with Crippen molar-refractivity contribution in [2.75, 3.05) is 0 Å². The van der Waals surface area contributed by atoms with E-state index in [-0.39, 0.29) is 6.04 Å². The summed E-state index contributed by atoms with van der Waals surface area (Å²) in [5.74, 6) is 0. The summed E-state index contributed by atoms with van der Waals surface area (Å²) in [4.78, 5) is 23.0. The Bertz CT molecular complexity index is 501. The van der Waals surface area contributed by atoms with Crippen LogP contribution in [0.1, 0.15) is 24.1 Å². The Morgan fingerprint density at radius 3 is 1.68 bits per heavy atom. The summed E-state index contributed by atoms with van der Waals surface area (Å²) in [5, 5.41) is 0. The average molecular weight is 273 g/mol. The minimum Gasteiger partial charge on any atom is -0.346 e. The van der Waals surface area contributed by atoms with Crippen molar-refractivity contribution in [1.29, 1.82) is 0 Å². The molecule has 0 aromatic heterocycles. The SMILES string of the molecule is CC(=NC(c1ccccc1)c1ccccc1)P(O)O. The molecule has 0 aliphatic carbocycles. The molecule has 19 heavy (non-hydrogen) atoms. The maximum atomic E-state index is 9.25. The Labute approximate surface area is 114 Å². The number of benzene rings is 2. The zero-order valence-corrected chi connectivity index (χ0v) is 11.5. The number of hydrogen-bond acceptors (Lipinski definition) is 3. The fourth-order valence-electron chi connectivity index (χ4n) is 1.85. The van der Waals surface area contributed by atoms with Gasteiger partial charge in [-0.15, -0.1) is 0 Å². The van der Waals surface area contributed by atoms with Gasteiger partial charge in [0, 0.05) is 0 Å². The van der Waals surface area contributed by atoms with E-state index in [1.807, 2.05) is 60.7 Å². The maximum Gasteiger partial charge on any atom is 0.214 e. The first-order valence-corrected chi connectivity index (χ1v) is 7.25. The van der Waals surface area contributed by atoms with Crippen molar-refractivity contribution >= 4 is 13.8 Å². The van der Waals surface area contributed by atoms with E-state index in [1.54, 1.807) is 6.92 Å². The topological polar surface area (TPSA) is 52.8 Å². The summed E-state index contributed by atoms with van der Waals surface area (Å²) in [6, 6.07) is 19.5. The van der Waals surface area contributed by atoms with Crippen LogP contribution in [0.4, 0.5) is 0 Å². The van der Waals surface area contributed by atoms with Crippen LogP contribution < -0.4 is 0 Å². The molecule has 0 saturated heterocycles. The molecule has 0 aliphatic heterocycles. The maximum absolute atomic E-state index is 9.25. The fourth-order valence-corrected chi connectivity index (χ4v) is 2.07. The van der Waals surface area contributed by atoms with E-state index in [0.717, 1.165) is 11.1 Å². The predicted octanol–water partition coefficient (Wildman–Crippen LogP) is 3.49. The van der Waals surface area contributed by atoms with Crippen LogP contribution in [0.5, 0.6) is 0 Å². The standard InChI is InChI=1S/C15H16NO2P/c1-12(19(17)18)16-15(13-8-4-2-5-9-13)14-10-6-3-7-11-14/h2-11,15,17-18H,1H3. The summed E-state index contributed by atoms with van der Waals surface area (Å²) in [6.07, 6.45) is 0. The van der Waals surface area contributed by atoms with E-state index in [0.29, 0.717) is 5.45 Å². The second kappa shape index (κ2) is 6.58. The lowest BCUT2D eigenvalue weighted by atomic mass is 9.99. The van der Waals surface area contributed by atoms with Crippen LogP contribution in [0.25, 0.3) is 0 Å². The monoisotopic (exact) mass is 273 g/mol. The Kier molecular flexibility index (Phi) is 4.80. The van der Waals surface area contributed by atoms with Gasteiger partial charge in [-0.2, -0.15) is 0 Å². The molecule has 3 nitrogen and oxygen atoms in total. The predicted molar refractivity (Wildman–Crippen MR) is 79.2 cm³/mol. The minimum atomic E-state index is -2.12. The van der Waals surface area contributed by atoms with Gasteiger partial charge >= 0.3 is 0 Å². The Morgan fingerprint density at radius 2 is 1.32 bits per heavy atom. The van der Waals surface area contributed by atoms with E-state index in [9.17, 15) is 9.79 Å². The van der Waals surface area contributed by atoms with Crippen molar-refractivity contribution < 1.29 is 9.79 Å². The van der Waals surface area contributed by atoms with Crippen molar-refractivity contribution in [3.05, 3.63) is 71.8 Å². The normalized spacial score (nSPS) is 12.2. The van der Waals surface area contributed by atoms with E-state index >= 15 is 0 Å². The highest BCUT2D eigenvalue weighted by molar-refractivity contribution is 7.64. The van der Waals surface area contributed by atoms with Crippen molar-refractivity contribution in [1.82, 2.24) is 0 Å². The lowest BCUT2D eigenvalue weighted by Gasteiger charge is -2.15. The molecule has 0 heterocycles. The van der Waals surface area contributed by atoms with Gasteiger partial charge in [0.15, 0.2) is 0 Å². The third kappa shape index (κ3) is 3.71. The second-order valence-corrected chi connectivity index (χ2v) is 5.42. The molecular formula is C15H16NO2P. The highest BCUT2D eigenvalue weighted by atomic mass is 31.2. The quantitative estimate of drug-likeness (QED) is 0.661. The van der Waals surface area contributed by atoms with Gasteiger partial charge in [0.25, 0.3) is 0 Å². The molecule has 2 aromatic rings. The zero-order chi connectivity index (χ0) is 13.7. The molecular weight excluding hydrogens is 257 g/mol. The Hall–Kier alpha value is -1.54. The third-order valence-electron chi connectivity index (χ3n) is 2.84. The fraction of sp³-hybridized carbons (Fsp3) is 0.133. The van der Waals surface area contributed by atoms with Crippen LogP contribution in [0, 0.1) is 0 Å². The molecule has 0 atom stereocenters.